The van der Waals surface area contributed by atoms with Gasteiger partial charge in [-0.3, -0.25) is 4.79 Å². The fourth-order valence-electron chi connectivity index (χ4n) is 2.31. The monoisotopic (exact) mass is 345 g/mol. The molecule has 4 rings (SSSR count). The van der Waals surface area contributed by atoms with Crippen LogP contribution in [-0.4, -0.2) is 26.1 Å². The molecule has 0 radical (unpaired) electrons. The molecule has 0 aliphatic heterocycles. The lowest BCUT2D eigenvalue weighted by Crippen LogP contribution is -2.10. The Bertz CT molecular complexity index is 870. The number of rotatable bonds is 4. The zero-order valence-corrected chi connectivity index (χ0v) is 13.5. The van der Waals surface area contributed by atoms with Gasteiger partial charge in [0, 0.05) is 11.3 Å². The lowest BCUT2D eigenvalue weighted by molar-refractivity contribution is 0.103. The molecular formula is C15H12ClN5OS. The van der Waals surface area contributed by atoms with Crippen LogP contribution in [0.3, 0.4) is 0 Å². The van der Waals surface area contributed by atoms with E-state index in [9.17, 15) is 4.79 Å². The number of amides is 1. The van der Waals surface area contributed by atoms with E-state index < -0.39 is 0 Å². The summed E-state index contributed by atoms with van der Waals surface area (Å²) in [6.07, 6.45) is 2.21. The van der Waals surface area contributed by atoms with Crippen molar-refractivity contribution in [3.8, 4) is 11.4 Å². The van der Waals surface area contributed by atoms with Gasteiger partial charge in [-0.1, -0.05) is 23.7 Å². The first-order valence-electron chi connectivity index (χ1n) is 7.16. The van der Waals surface area contributed by atoms with Gasteiger partial charge in [-0.2, -0.15) is 0 Å². The second-order valence-corrected chi connectivity index (χ2v) is 7.03. The minimum Gasteiger partial charge on any atom is -0.321 e. The van der Waals surface area contributed by atoms with Crippen molar-refractivity contribution in [1.82, 2.24) is 20.2 Å². The van der Waals surface area contributed by atoms with Crippen molar-refractivity contribution in [2.24, 2.45) is 0 Å². The highest BCUT2D eigenvalue weighted by Gasteiger charge is 2.28. The standard InChI is InChI=1S/C15H12ClN5OS/c16-13-7-6-12(23-13)15(22)17-10-3-1-2-9(8-10)14-18-19-20-21(14)11-4-5-11/h1-3,6-8,11H,4-5H2,(H,17,22). The van der Waals surface area contributed by atoms with Gasteiger partial charge in [-0.15, -0.1) is 16.4 Å². The van der Waals surface area contributed by atoms with E-state index in [1.54, 1.807) is 12.1 Å². The third-order valence-corrected chi connectivity index (χ3v) is 4.79. The molecule has 1 saturated carbocycles. The number of hydrogen-bond acceptors (Lipinski definition) is 5. The third kappa shape index (κ3) is 2.97. The number of carbonyl (C=O) groups is 1. The number of tetrazole rings is 1. The Morgan fingerprint density at radius 2 is 2.17 bits per heavy atom. The van der Waals surface area contributed by atoms with Crippen molar-refractivity contribution in [3.63, 3.8) is 0 Å². The maximum Gasteiger partial charge on any atom is 0.265 e. The van der Waals surface area contributed by atoms with Crippen LogP contribution in [0.1, 0.15) is 28.6 Å². The molecular weight excluding hydrogens is 334 g/mol. The highest BCUT2D eigenvalue weighted by Crippen LogP contribution is 2.36. The molecule has 1 N–H and O–H groups in total. The van der Waals surface area contributed by atoms with Crippen LogP contribution in [0.15, 0.2) is 36.4 Å². The number of anilines is 1. The summed E-state index contributed by atoms with van der Waals surface area (Å²) in [7, 11) is 0. The fourth-order valence-corrected chi connectivity index (χ4v) is 3.25. The van der Waals surface area contributed by atoms with Crippen LogP contribution < -0.4 is 5.32 Å². The summed E-state index contributed by atoms with van der Waals surface area (Å²) in [4.78, 5) is 12.8. The van der Waals surface area contributed by atoms with Crippen molar-refractivity contribution in [2.45, 2.75) is 18.9 Å². The van der Waals surface area contributed by atoms with Crippen LogP contribution in [0.4, 0.5) is 5.69 Å². The van der Waals surface area contributed by atoms with Gasteiger partial charge in [-0.05, 0) is 47.5 Å². The molecule has 1 amide bonds. The van der Waals surface area contributed by atoms with Gasteiger partial charge in [0.2, 0.25) is 0 Å². The first-order chi connectivity index (χ1) is 11.2. The molecule has 1 aliphatic rings. The molecule has 23 heavy (non-hydrogen) atoms. The van der Waals surface area contributed by atoms with Gasteiger partial charge >= 0.3 is 0 Å². The molecule has 0 spiro atoms. The van der Waals surface area contributed by atoms with Gasteiger partial charge in [0.25, 0.3) is 5.91 Å². The summed E-state index contributed by atoms with van der Waals surface area (Å²) in [5, 5.41) is 14.8. The average Bonchev–Trinajstić information content (AvgIpc) is 3.10. The first-order valence-corrected chi connectivity index (χ1v) is 8.35. The van der Waals surface area contributed by atoms with Gasteiger partial charge in [0.15, 0.2) is 5.82 Å². The SMILES string of the molecule is O=C(Nc1cccc(-c2nnnn2C2CC2)c1)c1ccc(Cl)s1. The number of benzene rings is 1. The topological polar surface area (TPSA) is 72.7 Å². The largest absolute Gasteiger partial charge is 0.321 e. The van der Waals surface area contributed by atoms with E-state index in [0.717, 1.165) is 24.2 Å². The maximum atomic E-state index is 12.2. The van der Waals surface area contributed by atoms with E-state index in [4.69, 9.17) is 11.6 Å². The average molecular weight is 346 g/mol. The van der Waals surface area contributed by atoms with Gasteiger partial charge in [0.05, 0.1) is 15.3 Å². The lowest BCUT2D eigenvalue weighted by Gasteiger charge is -2.07. The molecule has 3 aromatic rings. The number of aromatic nitrogens is 4. The van der Waals surface area contributed by atoms with E-state index in [2.05, 4.69) is 20.8 Å². The van der Waals surface area contributed by atoms with Gasteiger partial charge < -0.3 is 5.32 Å². The quantitative estimate of drug-likeness (QED) is 0.783. The number of nitrogens with zero attached hydrogens (tertiary/aromatic N) is 4. The van der Waals surface area contributed by atoms with E-state index in [1.165, 1.54) is 11.3 Å². The highest BCUT2D eigenvalue weighted by atomic mass is 35.5. The van der Waals surface area contributed by atoms with Crippen LogP contribution in [0.2, 0.25) is 4.34 Å². The Kier molecular flexibility index (Phi) is 3.59. The summed E-state index contributed by atoms with van der Waals surface area (Å²) in [6.45, 7) is 0. The predicted molar refractivity (Wildman–Crippen MR) is 88.8 cm³/mol. The zero-order chi connectivity index (χ0) is 15.8. The second kappa shape index (κ2) is 5.75. The Balaban J connectivity index is 1.59. The Labute approximate surface area is 141 Å². The summed E-state index contributed by atoms with van der Waals surface area (Å²) in [5.41, 5.74) is 1.58. The van der Waals surface area contributed by atoms with E-state index in [1.807, 2.05) is 28.9 Å². The van der Waals surface area contributed by atoms with Gasteiger partial charge in [-0.25, -0.2) is 4.68 Å². The summed E-state index contributed by atoms with van der Waals surface area (Å²) < 4.78 is 2.44. The molecule has 2 aromatic heterocycles. The van der Waals surface area contributed by atoms with Crippen molar-refractivity contribution in [2.75, 3.05) is 5.32 Å². The van der Waals surface area contributed by atoms with Crippen LogP contribution in [0, 0.1) is 0 Å². The Hall–Kier alpha value is -2.25. The third-order valence-electron chi connectivity index (χ3n) is 3.56. The van der Waals surface area contributed by atoms with Gasteiger partial charge in [0.1, 0.15) is 0 Å². The van der Waals surface area contributed by atoms with Crippen molar-refractivity contribution < 1.29 is 4.79 Å². The molecule has 0 atom stereocenters. The summed E-state index contributed by atoms with van der Waals surface area (Å²) in [5.74, 6) is 0.545. The smallest absolute Gasteiger partial charge is 0.265 e. The van der Waals surface area contributed by atoms with Crippen LogP contribution in [0.5, 0.6) is 0 Å². The number of thiophene rings is 1. The minimum atomic E-state index is -0.180. The number of hydrogen-bond donors (Lipinski definition) is 1. The molecule has 0 unspecified atom stereocenters. The zero-order valence-electron chi connectivity index (χ0n) is 11.9. The number of halogens is 1. The summed E-state index contributed by atoms with van der Waals surface area (Å²) in [6, 6.07) is 11.3. The number of nitrogens with one attached hydrogen (secondary N) is 1. The van der Waals surface area contributed by atoms with Crippen LogP contribution >= 0.6 is 22.9 Å². The Morgan fingerprint density at radius 1 is 1.30 bits per heavy atom. The molecule has 1 aromatic carbocycles. The molecule has 1 aliphatic carbocycles. The van der Waals surface area contributed by atoms with Crippen LogP contribution in [0.25, 0.3) is 11.4 Å². The lowest BCUT2D eigenvalue weighted by atomic mass is 10.2. The molecule has 6 nitrogen and oxygen atoms in total. The predicted octanol–water partition coefficient (Wildman–Crippen LogP) is 3.64. The van der Waals surface area contributed by atoms with Crippen molar-refractivity contribution >= 4 is 34.5 Å². The molecule has 1 fully saturated rings. The highest BCUT2D eigenvalue weighted by molar-refractivity contribution is 7.18. The molecule has 0 bridgehead atoms. The number of carbonyl (C=O) groups excluding carboxylic acids is 1. The summed E-state index contributed by atoms with van der Waals surface area (Å²) >= 11 is 7.12. The maximum absolute atomic E-state index is 12.2. The minimum absolute atomic E-state index is 0.180. The van der Waals surface area contributed by atoms with E-state index in [-0.39, 0.29) is 5.91 Å². The normalized spacial score (nSPS) is 14.0. The molecule has 2 heterocycles. The van der Waals surface area contributed by atoms with Crippen molar-refractivity contribution in [3.05, 3.63) is 45.6 Å². The molecule has 116 valence electrons. The second-order valence-electron chi connectivity index (χ2n) is 5.32. The first kappa shape index (κ1) is 14.3. The van der Waals surface area contributed by atoms with Crippen molar-refractivity contribution in [1.29, 1.82) is 0 Å². The van der Waals surface area contributed by atoms with E-state index >= 15 is 0 Å². The van der Waals surface area contributed by atoms with Crippen LogP contribution in [-0.2, 0) is 0 Å². The molecule has 0 saturated heterocycles. The van der Waals surface area contributed by atoms with E-state index in [0.29, 0.717) is 20.9 Å². The Morgan fingerprint density at radius 3 is 2.91 bits per heavy atom. The fraction of sp³-hybridized carbons (Fsp3) is 0.200. The molecule has 8 heteroatoms.